The summed E-state index contributed by atoms with van der Waals surface area (Å²) in [7, 11) is 0. The maximum Gasteiger partial charge on any atom is 0.415 e. The number of hydrogen-bond acceptors (Lipinski definition) is 3. The Balaban J connectivity index is 2.29. The van der Waals surface area contributed by atoms with E-state index >= 15 is 0 Å². The van der Waals surface area contributed by atoms with Gasteiger partial charge in [0, 0.05) is 10.2 Å². The fraction of sp³-hybridized carbons (Fsp3) is 0.273. The smallest absolute Gasteiger partial charge is 0.415 e. The molecule has 1 aliphatic rings. The molecule has 0 radical (unpaired) electrons. The lowest BCUT2D eigenvalue weighted by Gasteiger charge is -2.13. The van der Waals surface area contributed by atoms with Crippen molar-refractivity contribution in [1.82, 2.24) is 0 Å². The predicted molar refractivity (Wildman–Crippen MR) is 62.1 cm³/mol. The molecule has 1 amide bonds. The van der Waals surface area contributed by atoms with Gasteiger partial charge in [0.2, 0.25) is 6.10 Å². The van der Waals surface area contributed by atoms with Crippen molar-refractivity contribution < 1.29 is 9.53 Å². The van der Waals surface area contributed by atoms with Gasteiger partial charge in [-0.05, 0) is 24.6 Å². The molecule has 1 aliphatic heterocycles. The van der Waals surface area contributed by atoms with Gasteiger partial charge in [-0.3, -0.25) is 4.90 Å². The first kappa shape index (κ1) is 11.0. The molecule has 0 saturated carbocycles. The highest BCUT2D eigenvalue weighted by atomic mass is 79.9. The van der Waals surface area contributed by atoms with Crippen LogP contribution in [0.5, 0.6) is 0 Å². The van der Waals surface area contributed by atoms with Gasteiger partial charge >= 0.3 is 6.09 Å². The van der Waals surface area contributed by atoms with Gasteiger partial charge in [-0.1, -0.05) is 22.0 Å². The summed E-state index contributed by atoms with van der Waals surface area (Å²) in [5.74, 6) is 0. The van der Waals surface area contributed by atoms with Gasteiger partial charge in [0.1, 0.15) is 6.07 Å². The van der Waals surface area contributed by atoms with Gasteiger partial charge in [0.15, 0.2) is 0 Å². The Morgan fingerprint density at radius 1 is 1.62 bits per heavy atom. The fourth-order valence-corrected chi connectivity index (χ4v) is 1.86. The summed E-state index contributed by atoms with van der Waals surface area (Å²) in [6.07, 6.45) is -1.14. The normalized spacial score (nSPS) is 19.4. The number of rotatable bonds is 1. The number of carbonyl (C=O) groups is 1. The zero-order valence-corrected chi connectivity index (χ0v) is 10.2. The van der Waals surface area contributed by atoms with Crippen molar-refractivity contribution in [3.63, 3.8) is 0 Å². The maximum absolute atomic E-state index is 11.5. The van der Waals surface area contributed by atoms with Gasteiger partial charge < -0.3 is 4.74 Å². The summed E-state index contributed by atoms with van der Waals surface area (Å²) < 4.78 is 5.79. The molecular formula is C11H9BrN2O2. The molecule has 1 unspecified atom stereocenters. The second-order valence-corrected chi connectivity index (χ2v) is 4.40. The Labute approximate surface area is 102 Å². The van der Waals surface area contributed by atoms with Crippen molar-refractivity contribution in [2.45, 2.75) is 13.0 Å². The SMILES string of the molecule is Cc1ccc(N2CC(C#N)OC2=O)cc1Br. The number of aryl methyl sites for hydroxylation is 1. The minimum Gasteiger partial charge on any atom is -0.428 e. The molecule has 1 fully saturated rings. The van der Waals surface area contributed by atoms with Crippen LogP contribution in [0.25, 0.3) is 0 Å². The van der Waals surface area contributed by atoms with Crippen LogP contribution < -0.4 is 4.90 Å². The summed E-state index contributed by atoms with van der Waals surface area (Å²) >= 11 is 3.40. The third kappa shape index (κ3) is 1.89. The minimum atomic E-state index is -0.674. The average Bonchev–Trinajstić information content (AvgIpc) is 2.64. The second-order valence-electron chi connectivity index (χ2n) is 3.55. The lowest BCUT2D eigenvalue weighted by Crippen LogP contribution is -2.24. The molecule has 1 aromatic rings. The molecule has 1 aromatic carbocycles. The summed E-state index contributed by atoms with van der Waals surface area (Å²) in [5.41, 5.74) is 1.83. The number of carbonyl (C=O) groups excluding carboxylic acids is 1. The topological polar surface area (TPSA) is 53.3 Å². The Morgan fingerprint density at radius 2 is 2.38 bits per heavy atom. The molecule has 0 N–H and O–H groups in total. The van der Waals surface area contributed by atoms with Crippen molar-refractivity contribution in [3.05, 3.63) is 28.2 Å². The van der Waals surface area contributed by atoms with Crippen LogP contribution >= 0.6 is 15.9 Å². The highest BCUT2D eigenvalue weighted by Gasteiger charge is 2.32. The number of amides is 1. The third-order valence-corrected chi connectivity index (χ3v) is 3.28. The van der Waals surface area contributed by atoms with Crippen LogP contribution in [-0.4, -0.2) is 18.7 Å². The van der Waals surface area contributed by atoms with E-state index in [4.69, 9.17) is 10.00 Å². The van der Waals surface area contributed by atoms with Gasteiger partial charge in [-0.2, -0.15) is 5.26 Å². The van der Waals surface area contributed by atoms with Gasteiger partial charge in [0.05, 0.1) is 6.54 Å². The molecule has 2 rings (SSSR count). The van der Waals surface area contributed by atoms with Crippen LogP contribution in [0.15, 0.2) is 22.7 Å². The van der Waals surface area contributed by atoms with E-state index in [1.807, 2.05) is 31.2 Å². The van der Waals surface area contributed by atoms with E-state index in [1.54, 1.807) is 0 Å². The summed E-state index contributed by atoms with van der Waals surface area (Å²) in [4.78, 5) is 12.9. The third-order valence-electron chi connectivity index (χ3n) is 2.42. The van der Waals surface area contributed by atoms with Crippen molar-refractivity contribution in [1.29, 1.82) is 5.26 Å². The summed E-state index contributed by atoms with van der Waals surface area (Å²) in [5, 5.41) is 8.68. The number of ether oxygens (including phenoxy) is 1. The number of nitrogens with zero attached hydrogens (tertiary/aromatic N) is 2. The zero-order valence-electron chi connectivity index (χ0n) is 8.61. The van der Waals surface area contributed by atoms with Crippen LogP contribution in [-0.2, 0) is 4.74 Å². The van der Waals surface area contributed by atoms with E-state index in [2.05, 4.69) is 15.9 Å². The molecule has 82 valence electrons. The maximum atomic E-state index is 11.5. The first-order valence-corrected chi connectivity index (χ1v) is 5.55. The Morgan fingerprint density at radius 3 is 2.94 bits per heavy atom. The van der Waals surface area contributed by atoms with E-state index in [0.717, 1.165) is 15.7 Å². The summed E-state index contributed by atoms with van der Waals surface area (Å²) in [6.45, 7) is 2.25. The quantitative estimate of drug-likeness (QED) is 0.795. The lowest BCUT2D eigenvalue weighted by molar-refractivity contribution is 0.162. The van der Waals surface area contributed by atoms with Crippen LogP contribution in [0.3, 0.4) is 0 Å². The first-order chi connectivity index (χ1) is 7.61. The zero-order chi connectivity index (χ0) is 11.7. The molecule has 16 heavy (non-hydrogen) atoms. The fourth-order valence-electron chi connectivity index (χ4n) is 1.49. The molecule has 0 aliphatic carbocycles. The highest BCUT2D eigenvalue weighted by molar-refractivity contribution is 9.10. The lowest BCUT2D eigenvalue weighted by atomic mass is 10.2. The number of nitriles is 1. The van der Waals surface area contributed by atoms with E-state index in [-0.39, 0.29) is 6.54 Å². The van der Waals surface area contributed by atoms with Crippen LogP contribution in [0.1, 0.15) is 5.56 Å². The van der Waals surface area contributed by atoms with Gasteiger partial charge in [0.25, 0.3) is 0 Å². The minimum absolute atomic E-state index is 0.283. The Kier molecular flexibility index (Phi) is 2.84. The summed E-state index contributed by atoms with van der Waals surface area (Å²) in [6, 6.07) is 7.51. The monoisotopic (exact) mass is 280 g/mol. The van der Waals surface area contributed by atoms with Crippen LogP contribution in [0, 0.1) is 18.3 Å². The molecular weight excluding hydrogens is 272 g/mol. The molecule has 4 nitrogen and oxygen atoms in total. The van der Waals surface area contributed by atoms with E-state index in [1.165, 1.54) is 4.90 Å². The molecule has 5 heteroatoms. The molecule has 0 aromatic heterocycles. The Hall–Kier alpha value is -1.54. The standard InChI is InChI=1S/C11H9BrN2O2/c1-7-2-3-8(4-10(7)12)14-6-9(5-13)16-11(14)15/h2-4,9H,6H2,1H3. The van der Waals surface area contributed by atoms with E-state index in [9.17, 15) is 4.79 Å². The molecule has 1 saturated heterocycles. The van der Waals surface area contributed by atoms with Crippen molar-refractivity contribution in [2.75, 3.05) is 11.4 Å². The number of cyclic esters (lactones) is 1. The van der Waals surface area contributed by atoms with Crippen LogP contribution in [0.4, 0.5) is 10.5 Å². The number of halogens is 1. The van der Waals surface area contributed by atoms with Gasteiger partial charge in [-0.15, -0.1) is 0 Å². The number of anilines is 1. The average molecular weight is 281 g/mol. The first-order valence-electron chi connectivity index (χ1n) is 4.75. The van der Waals surface area contributed by atoms with Crippen molar-refractivity contribution in [3.8, 4) is 6.07 Å². The molecule has 1 heterocycles. The van der Waals surface area contributed by atoms with Crippen molar-refractivity contribution in [2.24, 2.45) is 0 Å². The second kappa shape index (κ2) is 4.14. The van der Waals surface area contributed by atoms with Crippen molar-refractivity contribution >= 4 is 27.7 Å². The molecule has 0 bridgehead atoms. The van der Waals surface area contributed by atoms with Gasteiger partial charge in [-0.25, -0.2) is 4.79 Å². The van der Waals surface area contributed by atoms with Crippen LogP contribution in [0.2, 0.25) is 0 Å². The highest BCUT2D eigenvalue weighted by Crippen LogP contribution is 2.26. The predicted octanol–water partition coefficient (Wildman–Crippen LogP) is 2.61. The largest absolute Gasteiger partial charge is 0.428 e. The molecule has 0 spiro atoms. The Bertz CT molecular complexity index is 481. The van der Waals surface area contributed by atoms with E-state index in [0.29, 0.717) is 0 Å². The number of hydrogen-bond donors (Lipinski definition) is 0. The van der Waals surface area contributed by atoms with E-state index < -0.39 is 12.2 Å². The number of benzene rings is 1. The molecule has 1 atom stereocenters.